The Labute approximate surface area is 179 Å². The fourth-order valence-corrected chi connectivity index (χ4v) is 4.14. The molecule has 2 aromatic rings. The van der Waals surface area contributed by atoms with Crippen LogP contribution in [0.15, 0.2) is 29.7 Å². The molecule has 1 aliphatic heterocycles. The average molecular weight is 424 g/mol. The minimum Gasteiger partial charge on any atom is -0.493 e. The zero-order chi connectivity index (χ0) is 22.0. The van der Waals surface area contributed by atoms with Crippen LogP contribution in [-0.2, 0) is 16.0 Å². The zero-order valence-corrected chi connectivity index (χ0v) is 17.4. The molecule has 0 radical (unpaired) electrons. The van der Waals surface area contributed by atoms with Gasteiger partial charge in [0.05, 0.1) is 43.9 Å². The summed E-state index contributed by atoms with van der Waals surface area (Å²) in [5.41, 5.74) is 8.05. The SMILES string of the molecule is COC(=O)Cc1[nH]nc2c1C(c1ccc(OC3CCCC3)c(OC)c1)C(C#N)=C(N)O2. The van der Waals surface area contributed by atoms with Gasteiger partial charge in [-0.05, 0) is 43.4 Å². The van der Waals surface area contributed by atoms with Crippen molar-refractivity contribution in [1.82, 2.24) is 10.2 Å². The molecule has 2 heterocycles. The van der Waals surface area contributed by atoms with E-state index in [-0.39, 0.29) is 29.9 Å². The second kappa shape index (κ2) is 8.60. The Hall–Kier alpha value is -3.67. The molecule has 3 N–H and O–H groups in total. The minimum absolute atomic E-state index is 0.0265. The molecule has 0 bridgehead atoms. The standard InChI is InChI=1S/C22H24N4O5/c1-28-17-9-12(7-8-16(17)30-13-5-3-4-6-13)19-14(11-23)21(24)31-22-20(19)15(25-26-22)10-18(27)29-2/h7-9,13,19H,3-6,10,24H2,1-2H3,(H,25,26). The first-order chi connectivity index (χ1) is 15.0. The van der Waals surface area contributed by atoms with Gasteiger partial charge in [-0.25, -0.2) is 0 Å². The molecule has 9 nitrogen and oxygen atoms in total. The highest BCUT2D eigenvalue weighted by molar-refractivity contribution is 5.73. The summed E-state index contributed by atoms with van der Waals surface area (Å²) in [6.07, 6.45) is 4.51. The van der Waals surface area contributed by atoms with E-state index in [1.54, 1.807) is 7.11 Å². The number of nitriles is 1. The third kappa shape index (κ3) is 3.89. The number of rotatable bonds is 6. The predicted octanol–water partition coefficient (Wildman–Crippen LogP) is 2.67. The quantitative estimate of drug-likeness (QED) is 0.676. The number of nitrogens with zero attached hydrogens (tertiary/aromatic N) is 2. The highest BCUT2D eigenvalue weighted by atomic mass is 16.5. The Morgan fingerprint density at radius 2 is 2.10 bits per heavy atom. The first-order valence-electron chi connectivity index (χ1n) is 10.1. The number of nitrogens with two attached hydrogens (primary N) is 1. The van der Waals surface area contributed by atoms with Crippen LogP contribution < -0.4 is 19.9 Å². The minimum atomic E-state index is -0.582. The molecular weight excluding hydrogens is 400 g/mol. The number of carbonyl (C=O) groups is 1. The van der Waals surface area contributed by atoms with Gasteiger partial charge in [0.15, 0.2) is 11.5 Å². The average Bonchev–Trinajstić information content (AvgIpc) is 3.43. The van der Waals surface area contributed by atoms with Crippen molar-refractivity contribution in [2.24, 2.45) is 5.73 Å². The molecule has 0 amide bonds. The van der Waals surface area contributed by atoms with Gasteiger partial charge in [-0.15, -0.1) is 5.10 Å². The van der Waals surface area contributed by atoms with Crippen LogP contribution >= 0.6 is 0 Å². The van der Waals surface area contributed by atoms with Gasteiger partial charge in [0, 0.05) is 0 Å². The number of methoxy groups -OCH3 is 2. The monoisotopic (exact) mass is 424 g/mol. The third-order valence-corrected chi connectivity index (χ3v) is 5.68. The van der Waals surface area contributed by atoms with Crippen LogP contribution in [0.2, 0.25) is 0 Å². The normalized spacial score (nSPS) is 18.2. The lowest BCUT2D eigenvalue weighted by atomic mass is 9.83. The van der Waals surface area contributed by atoms with Crippen LogP contribution in [0.1, 0.15) is 48.4 Å². The largest absolute Gasteiger partial charge is 0.493 e. The van der Waals surface area contributed by atoms with Crippen LogP contribution in [0.4, 0.5) is 0 Å². The van der Waals surface area contributed by atoms with Gasteiger partial charge in [-0.1, -0.05) is 6.07 Å². The van der Waals surface area contributed by atoms with E-state index in [1.165, 1.54) is 7.11 Å². The van der Waals surface area contributed by atoms with E-state index >= 15 is 0 Å². The fourth-order valence-electron chi connectivity index (χ4n) is 4.14. The van der Waals surface area contributed by atoms with E-state index in [1.807, 2.05) is 18.2 Å². The van der Waals surface area contributed by atoms with E-state index in [2.05, 4.69) is 16.3 Å². The maximum atomic E-state index is 11.9. The Balaban J connectivity index is 1.76. The van der Waals surface area contributed by atoms with Crippen molar-refractivity contribution in [2.45, 2.75) is 44.1 Å². The lowest BCUT2D eigenvalue weighted by molar-refractivity contribution is -0.139. The van der Waals surface area contributed by atoms with Gasteiger partial charge in [0.2, 0.25) is 11.8 Å². The molecule has 31 heavy (non-hydrogen) atoms. The second-order valence-corrected chi connectivity index (χ2v) is 7.53. The maximum absolute atomic E-state index is 11.9. The van der Waals surface area contributed by atoms with Crippen LogP contribution in [-0.4, -0.2) is 36.5 Å². The van der Waals surface area contributed by atoms with E-state index in [0.717, 1.165) is 31.2 Å². The first-order valence-corrected chi connectivity index (χ1v) is 10.1. The van der Waals surface area contributed by atoms with Gasteiger partial charge in [-0.3, -0.25) is 9.89 Å². The van der Waals surface area contributed by atoms with Gasteiger partial charge in [0.1, 0.15) is 11.6 Å². The number of fused-ring (bicyclic) bond motifs is 1. The number of carbonyl (C=O) groups excluding carboxylic acids is 1. The number of benzene rings is 1. The topological polar surface area (TPSA) is 132 Å². The summed E-state index contributed by atoms with van der Waals surface area (Å²) < 4.78 is 22.0. The molecule has 1 saturated carbocycles. The van der Waals surface area contributed by atoms with E-state index in [9.17, 15) is 10.1 Å². The number of H-pyrrole nitrogens is 1. The lowest BCUT2D eigenvalue weighted by Crippen LogP contribution is -2.22. The van der Waals surface area contributed by atoms with Gasteiger partial charge in [-0.2, -0.15) is 5.26 Å². The molecule has 4 rings (SSSR count). The summed E-state index contributed by atoms with van der Waals surface area (Å²) in [5, 5.41) is 16.7. The lowest BCUT2D eigenvalue weighted by Gasteiger charge is -2.25. The van der Waals surface area contributed by atoms with Crippen molar-refractivity contribution in [3.63, 3.8) is 0 Å². The Bertz CT molecular complexity index is 1060. The number of ether oxygens (including phenoxy) is 4. The molecule has 162 valence electrons. The molecule has 2 aliphatic rings. The molecule has 9 heteroatoms. The van der Waals surface area contributed by atoms with Crippen molar-refractivity contribution in [2.75, 3.05) is 14.2 Å². The molecule has 0 spiro atoms. The Morgan fingerprint density at radius 1 is 1.32 bits per heavy atom. The maximum Gasteiger partial charge on any atom is 0.311 e. The first kappa shape index (κ1) is 20.6. The highest BCUT2D eigenvalue weighted by Crippen LogP contribution is 2.45. The number of hydrogen-bond acceptors (Lipinski definition) is 8. The number of allylic oxidation sites excluding steroid dienone is 1. The molecular formula is C22H24N4O5. The van der Waals surface area contributed by atoms with Crippen LogP contribution in [0.25, 0.3) is 0 Å². The number of hydrogen-bond donors (Lipinski definition) is 2. The molecule has 1 fully saturated rings. The van der Waals surface area contributed by atoms with Crippen LogP contribution in [0.5, 0.6) is 17.4 Å². The van der Waals surface area contributed by atoms with Crippen molar-refractivity contribution in [3.05, 3.63) is 46.5 Å². The molecule has 1 aromatic carbocycles. The van der Waals surface area contributed by atoms with Crippen LogP contribution in [0, 0.1) is 11.3 Å². The summed E-state index contributed by atoms with van der Waals surface area (Å²) in [5.74, 6) is 0.395. The van der Waals surface area contributed by atoms with Gasteiger partial charge in [0.25, 0.3) is 0 Å². The smallest absolute Gasteiger partial charge is 0.311 e. The summed E-state index contributed by atoms with van der Waals surface area (Å²) in [6.45, 7) is 0. The van der Waals surface area contributed by atoms with E-state index < -0.39 is 11.9 Å². The van der Waals surface area contributed by atoms with Crippen molar-refractivity contribution < 1.29 is 23.7 Å². The molecule has 1 atom stereocenters. The third-order valence-electron chi connectivity index (χ3n) is 5.68. The summed E-state index contributed by atoms with van der Waals surface area (Å²) in [4.78, 5) is 11.9. The van der Waals surface area contributed by atoms with Crippen molar-refractivity contribution >= 4 is 5.97 Å². The zero-order valence-electron chi connectivity index (χ0n) is 17.4. The van der Waals surface area contributed by atoms with Gasteiger partial charge < -0.3 is 24.7 Å². The van der Waals surface area contributed by atoms with Gasteiger partial charge >= 0.3 is 5.97 Å². The van der Waals surface area contributed by atoms with Crippen molar-refractivity contribution in [3.8, 4) is 23.4 Å². The van der Waals surface area contributed by atoms with E-state index in [0.29, 0.717) is 22.8 Å². The predicted molar refractivity (Wildman–Crippen MR) is 109 cm³/mol. The molecule has 0 saturated heterocycles. The summed E-state index contributed by atoms with van der Waals surface area (Å²) >= 11 is 0. The molecule has 1 unspecified atom stereocenters. The highest BCUT2D eigenvalue weighted by Gasteiger charge is 2.36. The Morgan fingerprint density at radius 3 is 2.77 bits per heavy atom. The Kier molecular flexibility index (Phi) is 5.71. The fraction of sp³-hybridized carbons (Fsp3) is 0.409. The van der Waals surface area contributed by atoms with E-state index in [4.69, 9.17) is 24.7 Å². The number of esters is 1. The summed E-state index contributed by atoms with van der Waals surface area (Å²) in [6, 6.07) is 7.67. The van der Waals surface area contributed by atoms with Crippen molar-refractivity contribution in [1.29, 1.82) is 5.26 Å². The number of aromatic amines is 1. The number of aromatic nitrogens is 2. The summed E-state index contributed by atoms with van der Waals surface area (Å²) in [7, 11) is 2.89. The van der Waals surface area contributed by atoms with Crippen LogP contribution in [0.3, 0.4) is 0 Å². The molecule has 1 aliphatic carbocycles. The molecule has 1 aromatic heterocycles. The number of nitrogens with one attached hydrogen (secondary N) is 1. The second-order valence-electron chi connectivity index (χ2n) is 7.53.